The van der Waals surface area contributed by atoms with Crippen molar-refractivity contribution in [1.29, 1.82) is 0 Å². The lowest BCUT2D eigenvalue weighted by Gasteiger charge is -1.90. The molecule has 0 unspecified atom stereocenters. The van der Waals surface area contributed by atoms with Gasteiger partial charge in [0, 0.05) is 11.5 Å². The molecule has 3 N–H and O–H groups in total. The Morgan fingerprint density at radius 2 is 2.19 bits per heavy atom. The highest BCUT2D eigenvalue weighted by Crippen LogP contribution is 2.21. The van der Waals surface area contributed by atoms with Crippen LogP contribution < -0.4 is 5.73 Å². The highest BCUT2D eigenvalue weighted by atomic mass is 19.1. The molecular weight excluding hydrogens is 213 g/mol. The van der Waals surface area contributed by atoms with Crippen LogP contribution in [0.3, 0.4) is 0 Å². The predicted octanol–water partition coefficient (Wildman–Crippen LogP) is 1.96. The van der Waals surface area contributed by atoms with Crippen molar-refractivity contribution in [1.82, 2.24) is 0 Å². The summed E-state index contributed by atoms with van der Waals surface area (Å²) in [4.78, 5) is 10.5. The first kappa shape index (κ1) is 10.2. The Labute approximate surface area is 89.8 Å². The van der Waals surface area contributed by atoms with Gasteiger partial charge in [-0.15, -0.1) is 0 Å². The number of carboxylic acids is 1. The number of rotatable bonds is 2. The molecule has 2 rings (SSSR count). The maximum absolute atomic E-state index is 12.9. The van der Waals surface area contributed by atoms with Crippen LogP contribution in [0.5, 0.6) is 0 Å². The monoisotopic (exact) mass is 221 g/mol. The molecule has 0 aliphatic heterocycles. The van der Waals surface area contributed by atoms with Crippen molar-refractivity contribution in [3.63, 3.8) is 0 Å². The van der Waals surface area contributed by atoms with Gasteiger partial charge in [0.1, 0.15) is 22.9 Å². The molecule has 0 bridgehead atoms. The van der Waals surface area contributed by atoms with Crippen LogP contribution in [0, 0.1) is 5.82 Å². The van der Waals surface area contributed by atoms with Gasteiger partial charge >= 0.3 is 5.97 Å². The summed E-state index contributed by atoms with van der Waals surface area (Å²) in [5.41, 5.74) is 5.37. The van der Waals surface area contributed by atoms with Gasteiger partial charge in [-0.2, -0.15) is 0 Å². The van der Waals surface area contributed by atoms with Crippen molar-refractivity contribution in [2.75, 3.05) is 0 Å². The number of furan rings is 1. The van der Waals surface area contributed by atoms with Gasteiger partial charge in [-0.3, -0.25) is 0 Å². The lowest BCUT2D eigenvalue weighted by Crippen LogP contribution is -2.08. The van der Waals surface area contributed by atoms with E-state index < -0.39 is 5.97 Å². The van der Waals surface area contributed by atoms with Gasteiger partial charge in [0.2, 0.25) is 0 Å². The zero-order valence-electron chi connectivity index (χ0n) is 8.11. The van der Waals surface area contributed by atoms with Gasteiger partial charge in [-0.25, -0.2) is 9.18 Å². The maximum atomic E-state index is 12.9. The van der Waals surface area contributed by atoms with Crippen molar-refractivity contribution in [3.05, 3.63) is 41.5 Å². The van der Waals surface area contributed by atoms with E-state index in [1.807, 2.05) is 0 Å². The molecule has 4 nitrogen and oxygen atoms in total. The molecule has 82 valence electrons. The Morgan fingerprint density at radius 3 is 2.88 bits per heavy atom. The van der Waals surface area contributed by atoms with Gasteiger partial charge in [0.05, 0.1) is 0 Å². The third-order valence-corrected chi connectivity index (χ3v) is 2.04. The summed E-state index contributed by atoms with van der Waals surface area (Å²) in [6.45, 7) is 0. The molecule has 1 aromatic heterocycles. The Morgan fingerprint density at radius 1 is 1.44 bits per heavy atom. The number of carboxylic acid groups (broad SMARTS) is 1. The van der Waals surface area contributed by atoms with Crippen LogP contribution in [0.4, 0.5) is 4.39 Å². The summed E-state index contributed by atoms with van der Waals surface area (Å²) >= 11 is 0. The molecule has 0 aliphatic carbocycles. The molecule has 5 heteroatoms. The molecule has 2 aromatic rings. The molecular formula is C11H8FNO3. The molecule has 1 heterocycles. The highest BCUT2D eigenvalue weighted by Gasteiger charge is 2.06. The highest BCUT2D eigenvalue weighted by molar-refractivity contribution is 5.91. The van der Waals surface area contributed by atoms with E-state index in [0.29, 0.717) is 11.0 Å². The minimum atomic E-state index is -1.23. The zero-order valence-corrected chi connectivity index (χ0v) is 8.11. The number of hydrogen-bond acceptors (Lipinski definition) is 3. The van der Waals surface area contributed by atoms with Crippen LogP contribution in [0.25, 0.3) is 17.0 Å². The van der Waals surface area contributed by atoms with Gasteiger partial charge in [-0.1, -0.05) is 0 Å². The fourth-order valence-corrected chi connectivity index (χ4v) is 1.32. The minimum absolute atomic E-state index is 0.278. The van der Waals surface area contributed by atoms with Crippen LogP contribution in [0.2, 0.25) is 0 Å². The van der Waals surface area contributed by atoms with Gasteiger partial charge < -0.3 is 15.3 Å². The van der Waals surface area contributed by atoms with E-state index in [1.165, 1.54) is 30.3 Å². The molecule has 0 radical (unpaired) electrons. The SMILES string of the molecule is N/C(=C/c1cc2cc(F)ccc2o1)C(=O)O. The van der Waals surface area contributed by atoms with E-state index in [0.717, 1.165) is 0 Å². The third kappa shape index (κ3) is 1.88. The zero-order chi connectivity index (χ0) is 11.7. The van der Waals surface area contributed by atoms with E-state index >= 15 is 0 Å². The number of benzene rings is 1. The van der Waals surface area contributed by atoms with E-state index in [9.17, 15) is 9.18 Å². The topological polar surface area (TPSA) is 76.5 Å². The Bertz CT molecular complexity index is 586. The molecule has 0 atom stereocenters. The number of hydrogen-bond donors (Lipinski definition) is 2. The third-order valence-electron chi connectivity index (χ3n) is 2.04. The second-order valence-electron chi connectivity index (χ2n) is 3.24. The van der Waals surface area contributed by atoms with Crippen molar-refractivity contribution >= 4 is 23.0 Å². The summed E-state index contributed by atoms with van der Waals surface area (Å²) in [6, 6.07) is 5.56. The average molecular weight is 221 g/mol. The molecule has 1 aromatic carbocycles. The van der Waals surface area contributed by atoms with E-state index in [4.69, 9.17) is 15.3 Å². The molecule has 0 fully saturated rings. The summed E-state index contributed by atoms with van der Waals surface area (Å²) in [7, 11) is 0. The molecule has 0 saturated heterocycles. The lowest BCUT2D eigenvalue weighted by molar-refractivity contribution is -0.132. The Balaban J connectivity index is 2.48. The minimum Gasteiger partial charge on any atom is -0.477 e. The van der Waals surface area contributed by atoms with Crippen molar-refractivity contribution in [3.8, 4) is 0 Å². The van der Waals surface area contributed by atoms with Crippen LogP contribution in [0.1, 0.15) is 5.76 Å². The van der Waals surface area contributed by atoms with E-state index in [2.05, 4.69) is 0 Å². The number of carbonyl (C=O) groups is 1. The summed E-state index contributed by atoms with van der Waals surface area (Å²) in [5.74, 6) is -1.33. The smallest absolute Gasteiger partial charge is 0.351 e. The standard InChI is InChI=1S/C11H8FNO3/c12-7-1-2-10-6(3-7)4-8(16-10)5-9(13)11(14)15/h1-5H,13H2,(H,14,15)/b9-5+. The predicted molar refractivity (Wildman–Crippen MR) is 56.0 cm³/mol. The Hall–Kier alpha value is -2.30. The second-order valence-corrected chi connectivity index (χ2v) is 3.24. The van der Waals surface area contributed by atoms with Gasteiger partial charge in [-0.05, 0) is 24.3 Å². The number of halogens is 1. The molecule has 0 aliphatic rings. The molecule has 0 spiro atoms. The molecule has 0 saturated carbocycles. The summed E-state index contributed by atoms with van der Waals surface area (Å²) < 4.78 is 18.1. The second kappa shape index (κ2) is 3.69. The van der Waals surface area contributed by atoms with Crippen LogP contribution in [-0.2, 0) is 4.79 Å². The average Bonchev–Trinajstić information content (AvgIpc) is 2.58. The van der Waals surface area contributed by atoms with Crippen molar-refractivity contribution < 1.29 is 18.7 Å². The normalized spacial score (nSPS) is 11.9. The van der Waals surface area contributed by atoms with E-state index in [1.54, 1.807) is 0 Å². The quantitative estimate of drug-likeness (QED) is 0.760. The molecule has 0 amide bonds. The fraction of sp³-hybridized carbons (Fsp3) is 0. The fourth-order valence-electron chi connectivity index (χ4n) is 1.32. The van der Waals surface area contributed by atoms with Crippen LogP contribution in [-0.4, -0.2) is 11.1 Å². The number of aliphatic carboxylic acids is 1. The van der Waals surface area contributed by atoms with Crippen LogP contribution >= 0.6 is 0 Å². The Kier molecular flexibility index (Phi) is 2.36. The maximum Gasteiger partial charge on any atom is 0.351 e. The van der Waals surface area contributed by atoms with E-state index in [-0.39, 0.29) is 17.3 Å². The van der Waals surface area contributed by atoms with Crippen LogP contribution in [0.15, 0.2) is 34.4 Å². The van der Waals surface area contributed by atoms with Gasteiger partial charge in [0.25, 0.3) is 0 Å². The molecule has 16 heavy (non-hydrogen) atoms. The first-order valence-corrected chi connectivity index (χ1v) is 4.46. The number of fused-ring (bicyclic) bond motifs is 1. The summed E-state index contributed by atoms with van der Waals surface area (Å²) in [5, 5.41) is 9.13. The lowest BCUT2D eigenvalue weighted by atomic mass is 10.2. The largest absolute Gasteiger partial charge is 0.477 e. The van der Waals surface area contributed by atoms with Crippen molar-refractivity contribution in [2.24, 2.45) is 5.73 Å². The van der Waals surface area contributed by atoms with Gasteiger partial charge in [0.15, 0.2) is 0 Å². The first-order chi connectivity index (χ1) is 7.56. The summed E-state index contributed by atoms with van der Waals surface area (Å²) in [6.07, 6.45) is 1.18. The number of nitrogens with two attached hydrogens (primary N) is 1. The first-order valence-electron chi connectivity index (χ1n) is 4.46. The van der Waals surface area contributed by atoms with Crippen molar-refractivity contribution in [2.45, 2.75) is 0 Å².